The van der Waals surface area contributed by atoms with E-state index in [4.69, 9.17) is 0 Å². The van der Waals surface area contributed by atoms with Crippen molar-refractivity contribution >= 4 is 5.91 Å². The van der Waals surface area contributed by atoms with Crippen LogP contribution >= 0.6 is 0 Å². The van der Waals surface area contributed by atoms with Crippen molar-refractivity contribution in [3.05, 3.63) is 0 Å². The second kappa shape index (κ2) is 4.74. The third-order valence-electron chi connectivity index (χ3n) is 4.95. The maximum atomic E-state index is 12.7. The van der Waals surface area contributed by atoms with Crippen molar-refractivity contribution in [2.75, 3.05) is 20.1 Å². The number of nitrogens with zero attached hydrogens (tertiary/aromatic N) is 2. The fourth-order valence-electron chi connectivity index (χ4n) is 3.63. The molecular weight excluding hydrogens is 238 g/mol. The highest BCUT2D eigenvalue weighted by Crippen LogP contribution is 2.44. The van der Waals surface area contributed by atoms with Crippen molar-refractivity contribution in [3.63, 3.8) is 0 Å². The molecule has 2 heterocycles. The van der Waals surface area contributed by atoms with Gasteiger partial charge in [0.1, 0.15) is 0 Å². The van der Waals surface area contributed by atoms with E-state index in [1.54, 1.807) is 0 Å². The van der Waals surface area contributed by atoms with Crippen LogP contribution in [0.15, 0.2) is 0 Å². The predicted molar refractivity (Wildman–Crippen MR) is 75.7 cm³/mol. The van der Waals surface area contributed by atoms with Gasteiger partial charge in [-0.3, -0.25) is 10.1 Å². The maximum absolute atomic E-state index is 12.7. The SMILES string of the molecule is CC(C)CC1NC2(CC2)C(=O)N1C1CCN(C)CC1. The normalized spacial score (nSPS) is 31.7. The molecule has 4 nitrogen and oxygen atoms in total. The first-order valence-corrected chi connectivity index (χ1v) is 7.81. The molecular formula is C15H27N3O. The summed E-state index contributed by atoms with van der Waals surface area (Å²) in [6.45, 7) is 6.74. The average Bonchev–Trinajstić information content (AvgIpc) is 3.06. The van der Waals surface area contributed by atoms with Gasteiger partial charge in [-0.15, -0.1) is 0 Å². The van der Waals surface area contributed by atoms with Crippen LogP contribution in [0.5, 0.6) is 0 Å². The molecule has 3 aliphatic rings. The summed E-state index contributed by atoms with van der Waals surface area (Å²) in [5.74, 6) is 1.03. The lowest BCUT2D eigenvalue weighted by molar-refractivity contribution is -0.134. The molecule has 108 valence electrons. The first-order chi connectivity index (χ1) is 9.02. The largest absolute Gasteiger partial charge is 0.322 e. The molecule has 19 heavy (non-hydrogen) atoms. The van der Waals surface area contributed by atoms with Gasteiger partial charge in [0, 0.05) is 6.04 Å². The Balaban J connectivity index is 1.74. The van der Waals surface area contributed by atoms with Crippen LogP contribution in [0.3, 0.4) is 0 Å². The minimum Gasteiger partial charge on any atom is -0.322 e. The molecule has 1 N–H and O–H groups in total. The molecule has 1 saturated carbocycles. The molecule has 0 aromatic rings. The Morgan fingerprint density at radius 2 is 1.95 bits per heavy atom. The molecule has 2 saturated heterocycles. The Labute approximate surface area is 116 Å². The summed E-state index contributed by atoms with van der Waals surface area (Å²) >= 11 is 0. The monoisotopic (exact) mass is 265 g/mol. The number of piperidine rings is 1. The van der Waals surface area contributed by atoms with Crippen LogP contribution in [0.2, 0.25) is 0 Å². The first kappa shape index (κ1) is 13.4. The second-order valence-electron chi connectivity index (χ2n) is 7.12. The van der Waals surface area contributed by atoms with E-state index in [-0.39, 0.29) is 11.7 Å². The molecule has 3 fully saturated rings. The van der Waals surface area contributed by atoms with Gasteiger partial charge in [0.15, 0.2) is 0 Å². The van der Waals surface area contributed by atoms with Crippen LogP contribution in [-0.4, -0.2) is 53.6 Å². The van der Waals surface area contributed by atoms with Crippen LogP contribution in [0.4, 0.5) is 0 Å². The van der Waals surface area contributed by atoms with Gasteiger partial charge in [-0.05, 0) is 58.2 Å². The Hall–Kier alpha value is -0.610. The Kier molecular flexibility index (Phi) is 3.34. The number of hydrogen-bond acceptors (Lipinski definition) is 3. The van der Waals surface area contributed by atoms with Crippen molar-refractivity contribution in [2.24, 2.45) is 5.92 Å². The zero-order chi connectivity index (χ0) is 13.6. The van der Waals surface area contributed by atoms with E-state index in [1.807, 2.05) is 0 Å². The quantitative estimate of drug-likeness (QED) is 0.838. The molecule has 4 heteroatoms. The number of amides is 1. The van der Waals surface area contributed by atoms with Gasteiger partial charge < -0.3 is 9.80 Å². The third-order valence-corrected chi connectivity index (χ3v) is 4.95. The van der Waals surface area contributed by atoms with Gasteiger partial charge in [0.05, 0.1) is 11.7 Å². The highest BCUT2D eigenvalue weighted by Gasteiger charge is 2.60. The molecule has 0 aromatic carbocycles. The average molecular weight is 265 g/mol. The van der Waals surface area contributed by atoms with Crippen LogP contribution in [0, 0.1) is 5.92 Å². The van der Waals surface area contributed by atoms with E-state index in [0.717, 1.165) is 45.2 Å². The van der Waals surface area contributed by atoms with Gasteiger partial charge in [-0.2, -0.15) is 0 Å². The first-order valence-electron chi connectivity index (χ1n) is 7.81. The fraction of sp³-hybridized carbons (Fsp3) is 0.933. The molecule has 1 unspecified atom stereocenters. The lowest BCUT2D eigenvalue weighted by Crippen LogP contribution is -2.49. The summed E-state index contributed by atoms with van der Waals surface area (Å²) < 4.78 is 0. The van der Waals surface area contributed by atoms with E-state index >= 15 is 0 Å². The molecule has 1 spiro atoms. The third kappa shape index (κ3) is 2.40. The molecule has 0 bridgehead atoms. The van der Waals surface area contributed by atoms with Gasteiger partial charge >= 0.3 is 0 Å². The van der Waals surface area contributed by atoms with Crippen molar-refractivity contribution in [2.45, 2.75) is 63.7 Å². The summed E-state index contributed by atoms with van der Waals surface area (Å²) in [4.78, 5) is 17.3. The molecule has 0 radical (unpaired) electrons. The Bertz CT molecular complexity index is 356. The van der Waals surface area contributed by atoms with E-state index in [9.17, 15) is 4.79 Å². The smallest absolute Gasteiger partial charge is 0.244 e. The molecule has 0 aromatic heterocycles. The highest BCUT2D eigenvalue weighted by molar-refractivity contribution is 5.92. The lowest BCUT2D eigenvalue weighted by atomic mass is 10.0. The number of nitrogens with one attached hydrogen (secondary N) is 1. The molecule has 1 aliphatic carbocycles. The second-order valence-corrected chi connectivity index (χ2v) is 7.12. The molecule has 1 amide bonds. The van der Waals surface area contributed by atoms with E-state index in [2.05, 4.69) is 36.0 Å². The topological polar surface area (TPSA) is 35.6 Å². The fourth-order valence-corrected chi connectivity index (χ4v) is 3.63. The van der Waals surface area contributed by atoms with Gasteiger partial charge in [0.2, 0.25) is 5.91 Å². The van der Waals surface area contributed by atoms with Crippen molar-refractivity contribution in [1.82, 2.24) is 15.1 Å². The summed E-state index contributed by atoms with van der Waals surface area (Å²) in [6, 6.07) is 0.458. The molecule has 1 atom stereocenters. The summed E-state index contributed by atoms with van der Waals surface area (Å²) in [5, 5.41) is 3.64. The molecule has 2 aliphatic heterocycles. The van der Waals surface area contributed by atoms with Crippen LogP contribution in [0.25, 0.3) is 0 Å². The summed E-state index contributed by atoms with van der Waals surface area (Å²) in [5.41, 5.74) is -0.150. The Morgan fingerprint density at radius 1 is 1.32 bits per heavy atom. The summed E-state index contributed by atoms with van der Waals surface area (Å²) in [7, 11) is 2.17. The van der Waals surface area contributed by atoms with Gasteiger partial charge in [-0.1, -0.05) is 13.8 Å². The van der Waals surface area contributed by atoms with E-state index in [1.165, 1.54) is 0 Å². The minimum absolute atomic E-state index is 0.150. The zero-order valence-electron chi connectivity index (χ0n) is 12.5. The van der Waals surface area contributed by atoms with E-state index in [0.29, 0.717) is 17.9 Å². The van der Waals surface area contributed by atoms with Crippen molar-refractivity contribution < 1.29 is 4.79 Å². The van der Waals surface area contributed by atoms with Crippen LogP contribution < -0.4 is 5.32 Å². The molecule has 3 rings (SSSR count). The van der Waals surface area contributed by atoms with Crippen LogP contribution in [-0.2, 0) is 4.79 Å². The standard InChI is InChI=1S/C15H27N3O/c1-11(2)10-13-16-15(6-7-15)14(19)18(13)12-4-8-17(3)9-5-12/h11-13,16H,4-10H2,1-3H3. The number of carbonyl (C=O) groups is 1. The number of likely N-dealkylation sites (tertiary alicyclic amines) is 1. The number of carbonyl (C=O) groups excluding carboxylic acids is 1. The van der Waals surface area contributed by atoms with Crippen molar-refractivity contribution in [3.8, 4) is 0 Å². The number of rotatable bonds is 3. The predicted octanol–water partition coefficient (Wildman–Crippen LogP) is 1.42. The van der Waals surface area contributed by atoms with Crippen LogP contribution in [0.1, 0.15) is 46.0 Å². The Morgan fingerprint density at radius 3 is 2.47 bits per heavy atom. The maximum Gasteiger partial charge on any atom is 0.244 e. The minimum atomic E-state index is -0.150. The summed E-state index contributed by atoms with van der Waals surface area (Å²) in [6.07, 6.45) is 5.72. The van der Waals surface area contributed by atoms with E-state index < -0.39 is 0 Å². The lowest BCUT2D eigenvalue weighted by Gasteiger charge is -2.38. The van der Waals surface area contributed by atoms with Crippen molar-refractivity contribution in [1.29, 1.82) is 0 Å². The zero-order valence-corrected chi connectivity index (χ0v) is 12.5. The number of hydrogen-bond donors (Lipinski definition) is 1. The van der Waals surface area contributed by atoms with Gasteiger partial charge in [-0.25, -0.2) is 0 Å². The highest BCUT2D eigenvalue weighted by atomic mass is 16.2. The van der Waals surface area contributed by atoms with Gasteiger partial charge in [0.25, 0.3) is 0 Å².